The third-order valence-corrected chi connectivity index (χ3v) is 3.88. The standard InChI is InChI=1S/C13H19ClO4S/c1-3-12(19(2,17)18)9-6-8-11(13(15)16)7-4-5-10-14/h3,6,8-9,11H,1,4-5,7,10H2,2H3,(H,15,16)/b8-6+,12-9+. The molecule has 1 unspecified atom stereocenters. The first-order valence-corrected chi connectivity index (χ1v) is 8.25. The van der Waals surface area contributed by atoms with Gasteiger partial charge in [-0.25, -0.2) is 8.42 Å². The normalized spacial score (nSPS) is 14.5. The zero-order valence-electron chi connectivity index (χ0n) is 10.9. The third-order valence-electron chi connectivity index (χ3n) is 2.45. The number of allylic oxidation sites excluding steroid dienone is 3. The van der Waals surface area contributed by atoms with E-state index in [1.54, 1.807) is 0 Å². The summed E-state index contributed by atoms with van der Waals surface area (Å²) in [5, 5.41) is 9.01. The van der Waals surface area contributed by atoms with Gasteiger partial charge in [-0.05, 0) is 18.9 Å². The fourth-order valence-corrected chi connectivity index (χ4v) is 2.21. The van der Waals surface area contributed by atoms with Gasteiger partial charge in [0, 0.05) is 12.1 Å². The van der Waals surface area contributed by atoms with Gasteiger partial charge in [0.2, 0.25) is 0 Å². The van der Waals surface area contributed by atoms with E-state index in [-0.39, 0.29) is 4.91 Å². The number of carboxylic acid groups (broad SMARTS) is 1. The Labute approximate surface area is 119 Å². The van der Waals surface area contributed by atoms with Crippen LogP contribution in [0, 0.1) is 5.92 Å². The largest absolute Gasteiger partial charge is 0.481 e. The van der Waals surface area contributed by atoms with Crippen molar-refractivity contribution in [3.8, 4) is 0 Å². The molecule has 0 saturated heterocycles. The fraction of sp³-hybridized carbons (Fsp3) is 0.462. The minimum absolute atomic E-state index is 0.0636. The molecule has 1 atom stereocenters. The Morgan fingerprint density at radius 3 is 2.47 bits per heavy atom. The van der Waals surface area contributed by atoms with E-state index < -0.39 is 21.7 Å². The molecule has 0 saturated carbocycles. The van der Waals surface area contributed by atoms with Gasteiger partial charge < -0.3 is 5.11 Å². The monoisotopic (exact) mass is 306 g/mol. The van der Waals surface area contributed by atoms with Crippen LogP contribution in [0.1, 0.15) is 19.3 Å². The topological polar surface area (TPSA) is 71.4 Å². The molecule has 0 radical (unpaired) electrons. The van der Waals surface area contributed by atoms with E-state index in [1.807, 2.05) is 0 Å². The van der Waals surface area contributed by atoms with Gasteiger partial charge in [-0.2, -0.15) is 0 Å². The van der Waals surface area contributed by atoms with E-state index in [9.17, 15) is 13.2 Å². The molecule has 0 aromatic heterocycles. The number of carboxylic acids is 1. The number of hydrogen-bond donors (Lipinski definition) is 1. The first-order valence-electron chi connectivity index (χ1n) is 5.82. The Hall–Kier alpha value is -1.07. The molecule has 0 rings (SSSR count). The van der Waals surface area contributed by atoms with Crippen molar-refractivity contribution in [3.63, 3.8) is 0 Å². The smallest absolute Gasteiger partial charge is 0.310 e. The summed E-state index contributed by atoms with van der Waals surface area (Å²) >= 11 is 5.53. The zero-order valence-corrected chi connectivity index (χ0v) is 12.5. The Kier molecular flexibility index (Phi) is 8.43. The van der Waals surface area contributed by atoms with Crippen LogP contribution in [0.3, 0.4) is 0 Å². The quantitative estimate of drug-likeness (QED) is 0.404. The molecule has 0 aliphatic rings. The number of rotatable bonds is 9. The highest BCUT2D eigenvalue weighted by Gasteiger charge is 2.13. The van der Waals surface area contributed by atoms with E-state index in [1.165, 1.54) is 24.3 Å². The molecule has 0 amide bonds. The number of carbonyl (C=O) groups is 1. The second-order valence-electron chi connectivity index (χ2n) is 4.06. The van der Waals surface area contributed by atoms with Crippen LogP contribution in [0.2, 0.25) is 0 Å². The molecule has 0 aliphatic heterocycles. The summed E-state index contributed by atoms with van der Waals surface area (Å²) in [6, 6.07) is 0. The zero-order chi connectivity index (χ0) is 14.9. The first-order chi connectivity index (χ1) is 8.82. The van der Waals surface area contributed by atoms with Crippen molar-refractivity contribution in [2.45, 2.75) is 19.3 Å². The molecule has 0 aromatic rings. The Morgan fingerprint density at radius 2 is 2.05 bits per heavy atom. The molecular formula is C13H19ClO4S. The van der Waals surface area contributed by atoms with Gasteiger partial charge in [0.1, 0.15) is 0 Å². The van der Waals surface area contributed by atoms with Crippen molar-refractivity contribution in [1.82, 2.24) is 0 Å². The molecule has 0 spiro atoms. The number of unbranched alkanes of at least 4 members (excludes halogenated alkanes) is 1. The van der Waals surface area contributed by atoms with Crippen molar-refractivity contribution in [2.24, 2.45) is 5.92 Å². The molecule has 6 heteroatoms. The van der Waals surface area contributed by atoms with Crippen LogP contribution >= 0.6 is 11.6 Å². The van der Waals surface area contributed by atoms with Crippen LogP contribution < -0.4 is 0 Å². The summed E-state index contributed by atoms with van der Waals surface area (Å²) in [4.78, 5) is 11.1. The van der Waals surface area contributed by atoms with Crippen LogP contribution in [0.5, 0.6) is 0 Å². The van der Waals surface area contributed by atoms with Gasteiger partial charge in [0.05, 0.1) is 10.8 Å². The summed E-state index contributed by atoms with van der Waals surface area (Å²) in [6.07, 6.45) is 8.52. The van der Waals surface area contributed by atoms with Gasteiger partial charge in [-0.3, -0.25) is 4.79 Å². The van der Waals surface area contributed by atoms with Gasteiger partial charge >= 0.3 is 5.97 Å². The number of sulfone groups is 1. The van der Waals surface area contributed by atoms with Crippen LogP contribution in [-0.2, 0) is 14.6 Å². The molecule has 0 aromatic carbocycles. The van der Waals surface area contributed by atoms with E-state index in [0.29, 0.717) is 12.3 Å². The van der Waals surface area contributed by atoms with Gasteiger partial charge in [0.25, 0.3) is 0 Å². The van der Waals surface area contributed by atoms with E-state index >= 15 is 0 Å². The minimum atomic E-state index is -3.33. The SMILES string of the molecule is C=C/C(=C\C=C\C(CCCCCl)C(=O)O)S(C)(=O)=O. The number of aliphatic carboxylic acids is 1. The second-order valence-corrected chi connectivity index (χ2v) is 6.45. The van der Waals surface area contributed by atoms with Gasteiger partial charge in [-0.1, -0.05) is 31.2 Å². The number of hydrogen-bond acceptors (Lipinski definition) is 3. The predicted octanol–water partition coefficient (Wildman–Crippen LogP) is 2.77. The maximum atomic E-state index is 11.3. The second kappa shape index (κ2) is 8.93. The van der Waals surface area contributed by atoms with Gasteiger partial charge in [0.15, 0.2) is 9.84 Å². The van der Waals surface area contributed by atoms with Crippen molar-refractivity contribution >= 4 is 27.4 Å². The lowest BCUT2D eigenvalue weighted by Gasteiger charge is -2.05. The molecule has 0 aliphatic carbocycles. The molecule has 108 valence electrons. The average molecular weight is 307 g/mol. The lowest BCUT2D eigenvalue weighted by atomic mass is 10.0. The average Bonchev–Trinajstić information content (AvgIpc) is 2.30. The molecule has 0 heterocycles. The van der Waals surface area contributed by atoms with E-state index in [4.69, 9.17) is 16.7 Å². The maximum Gasteiger partial charge on any atom is 0.310 e. The van der Waals surface area contributed by atoms with Crippen molar-refractivity contribution in [2.75, 3.05) is 12.1 Å². The summed E-state index contributed by atoms with van der Waals surface area (Å²) in [5.74, 6) is -1.06. The first kappa shape index (κ1) is 17.9. The van der Waals surface area contributed by atoms with Crippen molar-refractivity contribution in [1.29, 1.82) is 0 Å². The molecule has 0 bridgehead atoms. The van der Waals surface area contributed by atoms with Crippen molar-refractivity contribution < 1.29 is 18.3 Å². The lowest BCUT2D eigenvalue weighted by molar-refractivity contribution is -0.140. The number of alkyl halides is 1. The third kappa shape index (κ3) is 7.85. The lowest BCUT2D eigenvalue weighted by Crippen LogP contribution is -2.10. The Bertz CT molecular complexity index is 463. The van der Waals surface area contributed by atoms with Crippen LogP contribution in [0.4, 0.5) is 0 Å². The van der Waals surface area contributed by atoms with E-state index in [0.717, 1.165) is 19.1 Å². The van der Waals surface area contributed by atoms with E-state index in [2.05, 4.69) is 6.58 Å². The van der Waals surface area contributed by atoms with Gasteiger partial charge in [-0.15, -0.1) is 11.6 Å². The summed E-state index contributed by atoms with van der Waals surface area (Å²) in [5.41, 5.74) is 0. The van der Waals surface area contributed by atoms with Crippen LogP contribution in [-0.4, -0.2) is 31.6 Å². The molecule has 0 fully saturated rings. The molecule has 4 nitrogen and oxygen atoms in total. The van der Waals surface area contributed by atoms with Crippen LogP contribution in [0.25, 0.3) is 0 Å². The fourth-order valence-electron chi connectivity index (χ4n) is 1.39. The van der Waals surface area contributed by atoms with Crippen LogP contribution in [0.15, 0.2) is 35.8 Å². The summed E-state index contributed by atoms with van der Waals surface area (Å²) in [7, 11) is -3.33. The minimum Gasteiger partial charge on any atom is -0.481 e. The highest BCUT2D eigenvalue weighted by Crippen LogP contribution is 2.12. The molecule has 19 heavy (non-hydrogen) atoms. The number of halogens is 1. The predicted molar refractivity (Wildman–Crippen MR) is 78.0 cm³/mol. The Balaban J connectivity index is 4.76. The maximum absolute atomic E-state index is 11.3. The molecular weight excluding hydrogens is 288 g/mol. The Morgan fingerprint density at radius 1 is 1.42 bits per heavy atom. The van der Waals surface area contributed by atoms with Crippen molar-refractivity contribution in [3.05, 3.63) is 35.8 Å². The highest BCUT2D eigenvalue weighted by molar-refractivity contribution is 7.94. The molecule has 1 N–H and O–H groups in total. The summed E-state index contributed by atoms with van der Waals surface area (Å²) < 4.78 is 22.6. The highest BCUT2D eigenvalue weighted by atomic mass is 35.5. The summed E-state index contributed by atoms with van der Waals surface area (Å²) in [6.45, 7) is 3.41.